The van der Waals surface area contributed by atoms with Crippen molar-refractivity contribution < 1.29 is 18.7 Å². The second-order valence-electron chi connectivity index (χ2n) is 11.9. The van der Waals surface area contributed by atoms with E-state index in [4.69, 9.17) is 14.5 Å². The van der Waals surface area contributed by atoms with E-state index in [1.165, 1.54) is 28.0 Å². The number of piperazine rings is 1. The molecule has 5 heterocycles. The first-order chi connectivity index (χ1) is 24.4. The number of nitrogens with zero attached hydrogens (tertiary/aromatic N) is 4. The Morgan fingerprint density at radius 2 is 1.88 bits per heavy atom. The minimum Gasteiger partial charge on any atom is -0.493 e. The Morgan fingerprint density at radius 3 is 2.63 bits per heavy atom. The molecule has 0 saturated carbocycles. The Hall–Kier alpha value is -5.14. The van der Waals surface area contributed by atoms with E-state index in [9.17, 15) is 9.59 Å². The summed E-state index contributed by atoms with van der Waals surface area (Å²) in [5, 5.41) is 6.06. The van der Waals surface area contributed by atoms with Crippen LogP contribution in [0.1, 0.15) is 29.8 Å². The SMILES string of the molecule is CCOc1ccn(-c2ccccc2)c(=O)c1C(=O)Nc1ccc(Oc2ccnc3cc(-c4ccc(CN5CCNCC5C)cn4)sc23)c(F)c1.Cl. The minimum atomic E-state index is -0.723. The fourth-order valence-electron chi connectivity index (χ4n) is 5.91. The molecule has 1 fully saturated rings. The number of anilines is 1. The quantitative estimate of drug-likeness (QED) is 0.151. The first-order valence-electron chi connectivity index (χ1n) is 16.4. The fraction of sp³-hybridized carbons (Fsp3) is 0.211. The van der Waals surface area contributed by atoms with Crippen molar-refractivity contribution in [3.05, 3.63) is 125 Å². The van der Waals surface area contributed by atoms with Crippen molar-refractivity contribution in [2.45, 2.75) is 26.4 Å². The molecule has 1 saturated heterocycles. The normalized spacial score (nSPS) is 14.5. The molecular formula is C38H36ClFN6O4S. The number of aromatic nitrogens is 3. The number of rotatable bonds is 10. The van der Waals surface area contributed by atoms with Crippen LogP contribution in [0, 0.1) is 5.82 Å². The zero-order chi connectivity index (χ0) is 34.6. The highest BCUT2D eigenvalue weighted by Crippen LogP contribution is 2.39. The third-order valence-electron chi connectivity index (χ3n) is 8.50. The molecule has 2 N–H and O–H groups in total. The number of hydrogen-bond acceptors (Lipinski definition) is 9. The molecule has 0 spiro atoms. The number of ether oxygens (including phenoxy) is 2. The molecule has 0 radical (unpaired) electrons. The topological polar surface area (TPSA) is 111 Å². The number of nitrogens with one attached hydrogen (secondary N) is 2. The average molecular weight is 727 g/mol. The average Bonchev–Trinajstić information content (AvgIpc) is 3.57. The summed E-state index contributed by atoms with van der Waals surface area (Å²) in [5.74, 6) is -0.871. The lowest BCUT2D eigenvalue weighted by molar-refractivity contribution is 0.102. The van der Waals surface area contributed by atoms with Crippen LogP contribution in [0.4, 0.5) is 10.1 Å². The third kappa shape index (κ3) is 7.79. The van der Waals surface area contributed by atoms with Gasteiger partial charge in [-0.1, -0.05) is 24.3 Å². The van der Waals surface area contributed by atoms with Crippen molar-refractivity contribution >= 4 is 45.6 Å². The molecule has 51 heavy (non-hydrogen) atoms. The Morgan fingerprint density at radius 1 is 1.04 bits per heavy atom. The van der Waals surface area contributed by atoms with Gasteiger partial charge in [-0.15, -0.1) is 23.7 Å². The summed E-state index contributed by atoms with van der Waals surface area (Å²) in [5.41, 5.74) is 2.68. The minimum absolute atomic E-state index is 0. The van der Waals surface area contributed by atoms with E-state index in [2.05, 4.69) is 33.5 Å². The van der Waals surface area contributed by atoms with Crippen molar-refractivity contribution in [1.29, 1.82) is 0 Å². The zero-order valence-corrected chi connectivity index (χ0v) is 29.6. The highest BCUT2D eigenvalue weighted by atomic mass is 35.5. The van der Waals surface area contributed by atoms with Crippen LogP contribution in [0.2, 0.25) is 0 Å². The Bertz CT molecular complexity index is 2210. The van der Waals surface area contributed by atoms with Crippen molar-refractivity contribution in [3.8, 4) is 33.5 Å². The van der Waals surface area contributed by atoms with Crippen molar-refractivity contribution in [1.82, 2.24) is 24.8 Å². The molecule has 6 aromatic rings. The molecule has 0 bridgehead atoms. The second kappa shape index (κ2) is 15.8. The van der Waals surface area contributed by atoms with Gasteiger partial charge >= 0.3 is 0 Å². The molecule has 1 atom stereocenters. The lowest BCUT2D eigenvalue weighted by atomic mass is 10.1. The highest BCUT2D eigenvalue weighted by molar-refractivity contribution is 7.22. The van der Waals surface area contributed by atoms with Crippen LogP contribution in [-0.4, -0.2) is 57.6 Å². The van der Waals surface area contributed by atoms with Gasteiger partial charge in [0.25, 0.3) is 11.5 Å². The fourth-order valence-corrected chi connectivity index (χ4v) is 6.95. The molecule has 10 nitrogen and oxygen atoms in total. The molecule has 262 valence electrons. The number of amides is 1. The third-order valence-corrected chi connectivity index (χ3v) is 9.66. The van der Waals surface area contributed by atoms with Gasteiger partial charge in [-0.3, -0.25) is 29.0 Å². The van der Waals surface area contributed by atoms with Gasteiger partial charge in [0.05, 0.1) is 27.4 Å². The van der Waals surface area contributed by atoms with Gasteiger partial charge in [0.1, 0.15) is 17.1 Å². The predicted molar refractivity (Wildman–Crippen MR) is 200 cm³/mol. The molecule has 4 aromatic heterocycles. The first kappa shape index (κ1) is 35.7. The first-order valence-corrected chi connectivity index (χ1v) is 17.2. The number of benzene rings is 2. The molecule has 7 rings (SSSR count). The van der Waals surface area contributed by atoms with Gasteiger partial charge in [0, 0.05) is 74.3 Å². The molecule has 1 aliphatic heterocycles. The van der Waals surface area contributed by atoms with Crippen LogP contribution in [0.3, 0.4) is 0 Å². The maximum atomic E-state index is 15.5. The van der Waals surface area contributed by atoms with E-state index in [-0.39, 0.29) is 41.8 Å². The maximum absolute atomic E-state index is 15.5. The highest BCUT2D eigenvalue weighted by Gasteiger charge is 2.22. The van der Waals surface area contributed by atoms with Gasteiger partial charge in [-0.05, 0) is 61.9 Å². The van der Waals surface area contributed by atoms with Crippen LogP contribution >= 0.6 is 23.7 Å². The summed E-state index contributed by atoms with van der Waals surface area (Å²) < 4.78 is 29.2. The summed E-state index contributed by atoms with van der Waals surface area (Å²) in [7, 11) is 0. The molecule has 1 amide bonds. The number of hydrogen-bond donors (Lipinski definition) is 2. The zero-order valence-electron chi connectivity index (χ0n) is 28.0. The van der Waals surface area contributed by atoms with Crippen molar-refractivity contribution in [2.24, 2.45) is 0 Å². The van der Waals surface area contributed by atoms with Crippen LogP contribution in [0.5, 0.6) is 17.2 Å². The van der Waals surface area contributed by atoms with Crippen LogP contribution < -0.4 is 25.7 Å². The number of fused-ring (bicyclic) bond motifs is 1. The van der Waals surface area contributed by atoms with E-state index in [0.29, 0.717) is 23.0 Å². The van der Waals surface area contributed by atoms with E-state index in [1.54, 1.807) is 55.7 Å². The van der Waals surface area contributed by atoms with Gasteiger partial charge in [-0.2, -0.15) is 0 Å². The lowest BCUT2D eigenvalue weighted by Crippen LogP contribution is -2.49. The summed E-state index contributed by atoms with van der Waals surface area (Å²) in [4.78, 5) is 39.4. The number of carbonyl (C=O) groups is 1. The lowest BCUT2D eigenvalue weighted by Gasteiger charge is -2.33. The molecule has 1 unspecified atom stereocenters. The van der Waals surface area contributed by atoms with Crippen molar-refractivity contribution in [3.63, 3.8) is 0 Å². The standard InChI is InChI=1S/C38H35FN6O4S.ClH/c1-3-48-32-14-17-45(27-7-5-4-6-8-27)38(47)35(32)37(46)43-26-10-12-31(28(39)19-26)49-33-13-15-41-30-20-34(50-36(30)33)29-11-9-25(22-42-29)23-44-18-16-40-21-24(44)2;/h4-15,17,19-20,22,24,40H,3,16,18,21,23H2,1-2H3,(H,43,46);1H. The molecule has 1 aliphatic rings. The Balaban J connectivity index is 0.00000448. The van der Waals surface area contributed by atoms with Gasteiger partial charge in [0.2, 0.25) is 0 Å². The monoisotopic (exact) mass is 726 g/mol. The predicted octanol–water partition coefficient (Wildman–Crippen LogP) is 7.31. The van der Waals surface area contributed by atoms with Crippen molar-refractivity contribution in [2.75, 3.05) is 31.6 Å². The van der Waals surface area contributed by atoms with E-state index >= 15 is 4.39 Å². The van der Waals surface area contributed by atoms with Crippen LogP contribution in [0.25, 0.3) is 26.5 Å². The van der Waals surface area contributed by atoms with Gasteiger partial charge in [-0.25, -0.2) is 4.39 Å². The van der Waals surface area contributed by atoms with Crippen LogP contribution in [0.15, 0.2) is 102 Å². The summed E-state index contributed by atoms with van der Waals surface area (Å²) in [6, 6.07) is 22.8. The van der Waals surface area contributed by atoms with E-state index in [1.807, 2.05) is 24.4 Å². The summed E-state index contributed by atoms with van der Waals surface area (Å²) in [6.45, 7) is 8.07. The van der Waals surface area contributed by atoms with Gasteiger partial charge in [0.15, 0.2) is 11.6 Å². The van der Waals surface area contributed by atoms with E-state index < -0.39 is 17.3 Å². The largest absolute Gasteiger partial charge is 0.493 e. The number of para-hydroxylation sites is 1. The van der Waals surface area contributed by atoms with Crippen LogP contribution in [-0.2, 0) is 6.54 Å². The number of pyridine rings is 3. The second-order valence-corrected chi connectivity index (χ2v) is 13.0. The smallest absolute Gasteiger partial charge is 0.271 e. The summed E-state index contributed by atoms with van der Waals surface area (Å²) in [6.07, 6.45) is 5.09. The van der Waals surface area contributed by atoms with Gasteiger partial charge < -0.3 is 20.1 Å². The molecular weight excluding hydrogens is 691 g/mol. The molecule has 13 heteroatoms. The number of halogens is 2. The number of thiophene rings is 1. The maximum Gasteiger partial charge on any atom is 0.271 e. The number of carbonyl (C=O) groups excluding carboxylic acids is 1. The van der Waals surface area contributed by atoms with E-state index in [0.717, 1.165) is 53.1 Å². The summed E-state index contributed by atoms with van der Waals surface area (Å²) >= 11 is 1.47. The molecule has 0 aliphatic carbocycles. The Kier molecular flexibility index (Phi) is 11.1. The Labute approximate surface area is 304 Å². The molecule has 2 aromatic carbocycles.